The van der Waals surface area contributed by atoms with Gasteiger partial charge in [-0.3, -0.25) is 0 Å². The van der Waals surface area contributed by atoms with Crippen LogP contribution in [0.25, 0.3) is 0 Å². The highest BCUT2D eigenvalue weighted by Gasteiger charge is 2.19. The highest BCUT2D eigenvalue weighted by atomic mass is 16.5. The summed E-state index contributed by atoms with van der Waals surface area (Å²) in [6, 6.07) is 18.2. The molecule has 2 aromatic rings. The molecule has 1 saturated carbocycles. The first-order valence-corrected chi connectivity index (χ1v) is 13.2. The van der Waals surface area contributed by atoms with Gasteiger partial charge >= 0.3 is 0 Å². The first kappa shape index (κ1) is 23.1. The Labute approximate surface area is 196 Å². The van der Waals surface area contributed by atoms with E-state index in [1.165, 1.54) is 74.5 Å². The van der Waals surface area contributed by atoms with Crippen molar-refractivity contribution in [3.63, 3.8) is 0 Å². The van der Waals surface area contributed by atoms with Crippen molar-refractivity contribution in [2.24, 2.45) is 17.8 Å². The van der Waals surface area contributed by atoms with Gasteiger partial charge < -0.3 is 4.74 Å². The molecule has 32 heavy (non-hydrogen) atoms. The van der Waals surface area contributed by atoms with Crippen molar-refractivity contribution in [1.29, 1.82) is 0 Å². The first-order valence-electron chi connectivity index (χ1n) is 13.2. The lowest BCUT2D eigenvalue weighted by atomic mass is 9.80. The maximum atomic E-state index is 6.07. The van der Waals surface area contributed by atoms with Crippen molar-refractivity contribution in [2.45, 2.75) is 84.0 Å². The van der Waals surface area contributed by atoms with E-state index >= 15 is 0 Å². The third-order valence-electron chi connectivity index (χ3n) is 7.77. The van der Waals surface area contributed by atoms with Crippen molar-refractivity contribution >= 4 is 0 Å². The predicted molar refractivity (Wildman–Crippen MR) is 136 cm³/mol. The molecule has 2 aliphatic rings. The van der Waals surface area contributed by atoms with Gasteiger partial charge in [-0.05, 0) is 72.8 Å². The van der Waals surface area contributed by atoms with E-state index in [0.717, 1.165) is 30.6 Å². The van der Waals surface area contributed by atoms with Crippen molar-refractivity contribution in [3.05, 3.63) is 77.4 Å². The molecule has 0 aliphatic heterocycles. The Kier molecular flexibility index (Phi) is 8.49. The van der Waals surface area contributed by atoms with E-state index in [9.17, 15) is 0 Å². The standard InChI is InChI=1S/C31H42O/c1-3-4-25-15-21-31(22-16-25)32-23-28-13-19-30(20-14-28)29-17-11-27(12-18-29)10-9-26-7-5-24(2)6-8-26/h11-13,15-19,21-22,24,26,28,30H,3-10,14,20,23H2,1-2H3. The van der Waals surface area contributed by atoms with E-state index in [1.807, 2.05) is 0 Å². The molecule has 0 radical (unpaired) electrons. The number of allylic oxidation sites excluding steroid dienone is 1. The number of benzene rings is 2. The van der Waals surface area contributed by atoms with E-state index in [-0.39, 0.29) is 0 Å². The largest absolute Gasteiger partial charge is 0.493 e. The molecule has 1 heteroatoms. The maximum absolute atomic E-state index is 6.07. The molecule has 0 aromatic heterocycles. The van der Waals surface area contributed by atoms with E-state index in [2.05, 4.69) is 74.5 Å². The van der Waals surface area contributed by atoms with Crippen LogP contribution in [-0.4, -0.2) is 6.61 Å². The summed E-state index contributed by atoms with van der Waals surface area (Å²) in [4.78, 5) is 0. The first-order chi connectivity index (χ1) is 15.7. The molecule has 0 bridgehead atoms. The Hall–Kier alpha value is -2.02. The Morgan fingerprint density at radius 2 is 1.44 bits per heavy atom. The summed E-state index contributed by atoms with van der Waals surface area (Å²) in [6.45, 7) is 5.42. The minimum atomic E-state index is 0.527. The van der Waals surface area contributed by atoms with Crippen LogP contribution in [0.15, 0.2) is 60.7 Å². The molecule has 172 valence electrons. The lowest BCUT2D eigenvalue weighted by Crippen LogP contribution is -2.15. The van der Waals surface area contributed by atoms with Crippen LogP contribution in [-0.2, 0) is 12.8 Å². The molecule has 0 spiro atoms. The van der Waals surface area contributed by atoms with Gasteiger partial charge in [-0.15, -0.1) is 0 Å². The average molecular weight is 431 g/mol. The van der Waals surface area contributed by atoms with Gasteiger partial charge in [0.25, 0.3) is 0 Å². The Morgan fingerprint density at radius 1 is 0.750 bits per heavy atom. The molecule has 2 aliphatic carbocycles. The Morgan fingerprint density at radius 3 is 2.09 bits per heavy atom. The van der Waals surface area contributed by atoms with Crippen LogP contribution >= 0.6 is 0 Å². The number of hydrogen-bond acceptors (Lipinski definition) is 1. The lowest BCUT2D eigenvalue weighted by Gasteiger charge is -2.26. The van der Waals surface area contributed by atoms with Crippen LogP contribution in [0.3, 0.4) is 0 Å². The summed E-state index contributed by atoms with van der Waals surface area (Å²) in [6.07, 6.45) is 18.0. The number of rotatable bonds is 9. The Bertz CT molecular complexity index is 824. The second kappa shape index (κ2) is 11.7. The molecule has 1 fully saturated rings. The van der Waals surface area contributed by atoms with Crippen molar-refractivity contribution in [2.75, 3.05) is 6.61 Å². The van der Waals surface area contributed by atoms with Crippen LogP contribution in [0, 0.1) is 17.8 Å². The minimum absolute atomic E-state index is 0.527. The molecule has 4 rings (SSSR count). The van der Waals surface area contributed by atoms with Crippen molar-refractivity contribution in [3.8, 4) is 5.75 Å². The molecule has 0 amide bonds. The molecule has 0 heterocycles. The second-order valence-corrected chi connectivity index (χ2v) is 10.4. The summed E-state index contributed by atoms with van der Waals surface area (Å²) in [5.74, 6) is 4.00. The van der Waals surface area contributed by atoms with Crippen LogP contribution in [0.4, 0.5) is 0 Å². The molecular weight excluding hydrogens is 388 g/mol. The smallest absolute Gasteiger partial charge is 0.119 e. The Balaban J connectivity index is 1.21. The molecule has 2 aromatic carbocycles. The zero-order valence-electron chi connectivity index (χ0n) is 20.3. The van der Waals surface area contributed by atoms with Gasteiger partial charge in [-0.25, -0.2) is 0 Å². The van der Waals surface area contributed by atoms with Crippen LogP contribution in [0.1, 0.15) is 87.8 Å². The lowest BCUT2D eigenvalue weighted by molar-refractivity contribution is 0.260. The van der Waals surface area contributed by atoms with Gasteiger partial charge in [0.05, 0.1) is 6.61 Å². The van der Waals surface area contributed by atoms with Crippen LogP contribution in [0.5, 0.6) is 5.75 Å². The normalized spacial score (nSPS) is 25.6. The fourth-order valence-corrected chi connectivity index (χ4v) is 5.46. The van der Waals surface area contributed by atoms with E-state index in [1.54, 1.807) is 0 Å². The highest BCUT2D eigenvalue weighted by molar-refractivity contribution is 5.30. The summed E-state index contributed by atoms with van der Waals surface area (Å²) >= 11 is 0. The van der Waals surface area contributed by atoms with E-state index in [0.29, 0.717) is 11.8 Å². The highest BCUT2D eigenvalue weighted by Crippen LogP contribution is 2.33. The van der Waals surface area contributed by atoms with Gasteiger partial charge in [0.15, 0.2) is 0 Å². The summed E-state index contributed by atoms with van der Waals surface area (Å²) < 4.78 is 6.07. The van der Waals surface area contributed by atoms with E-state index < -0.39 is 0 Å². The zero-order valence-corrected chi connectivity index (χ0v) is 20.3. The van der Waals surface area contributed by atoms with Crippen LogP contribution < -0.4 is 4.74 Å². The molecule has 0 saturated heterocycles. The summed E-state index contributed by atoms with van der Waals surface area (Å²) in [5, 5.41) is 0. The fourth-order valence-electron chi connectivity index (χ4n) is 5.46. The van der Waals surface area contributed by atoms with Gasteiger partial charge in [-0.2, -0.15) is 0 Å². The van der Waals surface area contributed by atoms with Gasteiger partial charge in [0, 0.05) is 11.8 Å². The number of aryl methyl sites for hydroxylation is 2. The predicted octanol–water partition coefficient (Wildman–Crippen LogP) is 8.53. The quantitative estimate of drug-likeness (QED) is 0.362. The second-order valence-electron chi connectivity index (χ2n) is 10.4. The van der Waals surface area contributed by atoms with Crippen molar-refractivity contribution in [1.82, 2.24) is 0 Å². The zero-order chi connectivity index (χ0) is 22.2. The van der Waals surface area contributed by atoms with Gasteiger partial charge in [-0.1, -0.05) is 94.5 Å². The topological polar surface area (TPSA) is 9.23 Å². The average Bonchev–Trinajstić information content (AvgIpc) is 2.84. The van der Waals surface area contributed by atoms with E-state index in [4.69, 9.17) is 4.74 Å². The maximum Gasteiger partial charge on any atom is 0.119 e. The molecule has 0 N–H and O–H groups in total. The van der Waals surface area contributed by atoms with Gasteiger partial charge in [0.2, 0.25) is 0 Å². The summed E-state index contributed by atoms with van der Waals surface area (Å²) in [7, 11) is 0. The monoisotopic (exact) mass is 430 g/mol. The third-order valence-corrected chi connectivity index (χ3v) is 7.77. The molecule has 2 atom stereocenters. The molecule has 1 nitrogen and oxygen atoms in total. The van der Waals surface area contributed by atoms with Crippen molar-refractivity contribution < 1.29 is 4.74 Å². The summed E-state index contributed by atoms with van der Waals surface area (Å²) in [5.41, 5.74) is 4.39. The van der Waals surface area contributed by atoms with Gasteiger partial charge in [0.1, 0.15) is 5.75 Å². The number of hydrogen-bond donors (Lipinski definition) is 0. The minimum Gasteiger partial charge on any atom is -0.493 e. The number of ether oxygens (including phenoxy) is 1. The third kappa shape index (κ3) is 6.74. The van der Waals surface area contributed by atoms with Crippen LogP contribution in [0.2, 0.25) is 0 Å². The fraction of sp³-hybridized carbons (Fsp3) is 0.548. The SMILES string of the molecule is CCCc1ccc(OCC2C=CC(c3ccc(CCC4CCC(C)CC4)cc3)CC2)cc1. The molecular formula is C31H42O. The molecule has 2 unspecified atom stereocenters.